The summed E-state index contributed by atoms with van der Waals surface area (Å²) in [6, 6.07) is 22.0. The maximum atomic E-state index is 5.05. The number of hydrazone groups is 1. The minimum atomic E-state index is 0.932. The van der Waals surface area contributed by atoms with Crippen molar-refractivity contribution in [1.82, 2.24) is 0 Å². The molecule has 3 rings (SSSR count). The number of hydrogen-bond donors (Lipinski definition) is 0. The van der Waals surface area contributed by atoms with Crippen LogP contribution in [0.3, 0.4) is 0 Å². The standard InChI is InChI=1S/C17H14N2O/c1-3-7-16(8-4-1)19(17-9-5-2-6-10-17)18-13-15-11-12-20-14-15/h1-14H. The van der Waals surface area contributed by atoms with Crippen molar-refractivity contribution in [2.75, 3.05) is 5.01 Å². The van der Waals surface area contributed by atoms with Crippen molar-refractivity contribution in [2.24, 2.45) is 5.10 Å². The average Bonchev–Trinajstić information content (AvgIpc) is 3.03. The molecule has 1 heterocycles. The van der Waals surface area contributed by atoms with Crippen molar-refractivity contribution in [3.8, 4) is 0 Å². The van der Waals surface area contributed by atoms with Crippen LogP contribution in [-0.2, 0) is 0 Å². The third kappa shape index (κ3) is 2.78. The van der Waals surface area contributed by atoms with Crippen molar-refractivity contribution in [2.45, 2.75) is 0 Å². The summed E-state index contributed by atoms with van der Waals surface area (Å²) in [4.78, 5) is 0. The lowest BCUT2D eigenvalue weighted by molar-refractivity contribution is 0.567. The number of nitrogens with zero attached hydrogens (tertiary/aromatic N) is 2. The Kier molecular flexibility index (Phi) is 3.60. The molecule has 0 bridgehead atoms. The van der Waals surface area contributed by atoms with E-state index in [0.29, 0.717) is 0 Å². The van der Waals surface area contributed by atoms with Crippen LogP contribution in [0.25, 0.3) is 0 Å². The molecule has 3 heteroatoms. The van der Waals surface area contributed by atoms with E-state index in [1.165, 1.54) is 0 Å². The Labute approximate surface area is 117 Å². The van der Waals surface area contributed by atoms with Crippen molar-refractivity contribution in [1.29, 1.82) is 0 Å². The molecule has 0 spiro atoms. The van der Waals surface area contributed by atoms with Crippen LogP contribution in [0.15, 0.2) is 88.8 Å². The molecule has 0 unspecified atom stereocenters. The zero-order valence-corrected chi connectivity index (χ0v) is 10.9. The van der Waals surface area contributed by atoms with Gasteiger partial charge in [0.15, 0.2) is 0 Å². The molecule has 0 aliphatic heterocycles. The predicted octanol–water partition coefficient (Wildman–Crippen LogP) is 4.45. The lowest BCUT2D eigenvalue weighted by atomic mass is 10.2. The Morgan fingerprint density at radius 2 is 1.40 bits per heavy atom. The van der Waals surface area contributed by atoms with E-state index in [1.54, 1.807) is 18.7 Å². The van der Waals surface area contributed by atoms with Gasteiger partial charge in [-0.15, -0.1) is 0 Å². The van der Waals surface area contributed by atoms with Crippen molar-refractivity contribution in [3.63, 3.8) is 0 Å². The largest absolute Gasteiger partial charge is 0.472 e. The van der Waals surface area contributed by atoms with Gasteiger partial charge in [0, 0.05) is 5.56 Å². The van der Waals surface area contributed by atoms with Crippen molar-refractivity contribution in [3.05, 3.63) is 84.8 Å². The topological polar surface area (TPSA) is 28.7 Å². The summed E-state index contributed by atoms with van der Waals surface area (Å²) in [6.45, 7) is 0. The highest BCUT2D eigenvalue weighted by atomic mass is 16.3. The molecular formula is C17H14N2O. The van der Waals surface area contributed by atoms with Gasteiger partial charge >= 0.3 is 0 Å². The molecule has 2 aromatic carbocycles. The Balaban J connectivity index is 1.96. The fourth-order valence-corrected chi connectivity index (χ4v) is 1.89. The summed E-state index contributed by atoms with van der Waals surface area (Å²) in [7, 11) is 0. The first-order chi connectivity index (χ1) is 9.93. The monoisotopic (exact) mass is 262 g/mol. The van der Waals surface area contributed by atoms with Crippen LogP contribution < -0.4 is 5.01 Å². The minimum Gasteiger partial charge on any atom is -0.472 e. The Morgan fingerprint density at radius 1 is 0.800 bits per heavy atom. The number of anilines is 2. The molecular weight excluding hydrogens is 248 g/mol. The quantitative estimate of drug-likeness (QED) is 0.513. The van der Waals surface area contributed by atoms with Crippen LogP contribution in [0.2, 0.25) is 0 Å². The van der Waals surface area contributed by atoms with Crippen LogP contribution in [0, 0.1) is 0 Å². The molecule has 0 N–H and O–H groups in total. The van der Waals surface area contributed by atoms with Gasteiger partial charge in [-0.25, -0.2) is 5.01 Å². The van der Waals surface area contributed by atoms with Crippen molar-refractivity contribution < 1.29 is 4.42 Å². The molecule has 98 valence electrons. The number of benzene rings is 2. The van der Waals surface area contributed by atoms with Gasteiger partial charge in [0.2, 0.25) is 0 Å². The fourth-order valence-electron chi connectivity index (χ4n) is 1.89. The first-order valence-corrected chi connectivity index (χ1v) is 6.40. The molecule has 0 amide bonds. The molecule has 3 nitrogen and oxygen atoms in total. The highest BCUT2D eigenvalue weighted by molar-refractivity contribution is 5.81. The second-order valence-electron chi connectivity index (χ2n) is 4.28. The van der Waals surface area contributed by atoms with E-state index in [4.69, 9.17) is 4.42 Å². The maximum absolute atomic E-state index is 5.05. The fraction of sp³-hybridized carbons (Fsp3) is 0. The van der Waals surface area contributed by atoms with Gasteiger partial charge in [0.1, 0.15) is 0 Å². The van der Waals surface area contributed by atoms with Gasteiger partial charge in [-0.05, 0) is 30.3 Å². The third-order valence-electron chi connectivity index (χ3n) is 2.87. The SMILES string of the molecule is C(=NN(c1ccccc1)c1ccccc1)c1ccoc1. The van der Waals surface area contributed by atoms with E-state index in [1.807, 2.05) is 71.7 Å². The van der Waals surface area contributed by atoms with Gasteiger partial charge in [-0.3, -0.25) is 0 Å². The number of hydrogen-bond acceptors (Lipinski definition) is 3. The van der Waals surface area contributed by atoms with Crippen LogP contribution >= 0.6 is 0 Å². The summed E-state index contributed by atoms with van der Waals surface area (Å²) in [5.41, 5.74) is 2.96. The number of rotatable bonds is 4. The van der Waals surface area contributed by atoms with Crippen LogP contribution in [0.4, 0.5) is 11.4 Å². The molecule has 0 fully saturated rings. The zero-order valence-electron chi connectivity index (χ0n) is 10.9. The molecule has 0 aliphatic carbocycles. The molecule has 0 atom stereocenters. The molecule has 3 aromatic rings. The van der Waals surface area contributed by atoms with Gasteiger partial charge in [0.05, 0.1) is 30.1 Å². The minimum absolute atomic E-state index is 0.932. The number of para-hydroxylation sites is 2. The Morgan fingerprint density at radius 3 is 1.90 bits per heavy atom. The first-order valence-electron chi connectivity index (χ1n) is 6.40. The van der Waals surface area contributed by atoms with E-state index >= 15 is 0 Å². The Bertz CT molecular complexity index is 621. The molecule has 0 saturated heterocycles. The van der Waals surface area contributed by atoms with E-state index in [-0.39, 0.29) is 0 Å². The summed E-state index contributed by atoms with van der Waals surface area (Å²) in [6.07, 6.45) is 5.08. The smallest absolute Gasteiger partial charge is 0.0991 e. The molecule has 0 radical (unpaired) electrons. The van der Waals surface area contributed by atoms with Gasteiger partial charge < -0.3 is 4.42 Å². The summed E-state index contributed by atoms with van der Waals surface area (Å²) in [5.74, 6) is 0. The number of furan rings is 1. The lowest BCUT2D eigenvalue weighted by Gasteiger charge is -2.18. The normalized spacial score (nSPS) is 10.8. The third-order valence-corrected chi connectivity index (χ3v) is 2.87. The van der Waals surface area contributed by atoms with E-state index < -0.39 is 0 Å². The van der Waals surface area contributed by atoms with Crippen LogP contribution in [0.1, 0.15) is 5.56 Å². The second kappa shape index (κ2) is 5.89. The lowest BCUT2D eigenvalue weighted by Crippen LogP contribution is -2.08. The second-order valence-corrected chi connectivity index (χ2v) is 4.28. The first kappa shape index (κ1) is 12.2. The van der Waals surface area contributed by atoms with Crippen LogP contribution in [-0.4, -0.2) is 6.21 Å². The molecule has 0 saturated carbocycles. The van der Waals surface area contributed by atoms with Gasteiger partial charge in [-0.1, -0.05) is 36.4 Å². The van der Waals surface area contributed by atoms with E-state index in [0.717, 1.165) is 16.9 Å². The Hall–Kier alpha value is -2.81. The molecule has 0 aliphatic rings. The summed E-state index contributed by atoms with van der Waals surface area (Å²) >= 11 is 0. The van der Waals surface area contributed by atoms with Gasteiger partial charge in [-0.2, -0.15) is 5.10 Å². The maximum Gasteiger partial charge on any atom is 0.0991 e. The summed E-state index contributed by atoms with van der Waals surface area (Å²) in [5, 5.41) is 6.45. The zero-order chi connectivity index (χ0) is 13.6. The summed E-state index contributed by atoms with van der Waals surface area (Å²) < 4.78 is 5.05. The van der Waals surface area contributed by atoms with E-state index in [2.05, 4.69) is 5.10 Å². The van der Waals surface area contributed by atoms with Crippen LogP contribution in [0.5, 0.6) is 0 Å². The van der Waals surface area contributed by atoms with Gasteiger partial charge in [0.25, 0.3) is 0 Å². The average molecular weight is 262 g/mol. The molecule has 20 heavy (non-hydrogen) atoms. The molecule has 1 aromatic heterocycles. The highest BCUT2D eigenvalue weighted by Crippen LogP contribution is 2.25. The van der Waals surface area contributed by atoms with E-state index in [9.17, 15) is 0 Å². The van der Waals surface area contributed by atoms with Crippen molar-refractivity contribution >= 4 is 17.6 Å². The predicted molar refractivity (Wildman–Crippen MR) is 81.3 cm³/mol. The highest BCUT2D eigenvalue weighted by Gasteiger charge is 2.06.